The third kappa shape index (κ3) is 2.42. The van der Waals surface area contributed by atoms with Crippen LogP contribution >= 0.6 is 0 Å². The molecule has 2 aliphatic heterocycles. The Morgan fingerprint density at radius 3 is 2.03 bits per heavy atom. The van der Waals surface area contributed by atoms with E-state index in [1.807, 2.05) is 81.4 Å². The number of hydrogen-bond donors (Lipinski definition) is 1. The van der Waals surface area contributed by atoms with Crippen LogP contribution in [0.3, 0.4) is 0 Å². The van der Waals surface area contributed by atoms with Gasteiger partial charge in [-0.3, -0.25) is 19.8 Å². The van der Waals surface area contributed by atoms with Gasteiger partial charge in [-0.05, 0) is 30.9 Å². The van der Waals surface area contributed by atoms with Crippen molar-refractivity contribution in [3.63, 3.8) is 0 Å². The second-order valence-electron chi connectivity index (χ2n) is 9.57. The minimum atomic E-state index is -1.29. The van der Waals surface area contributed by atoms with Crippen molar-refractivity contribution in [1.29, 1.82) is 0 Å². The van der Waals surface area contributed by atoms with E-state index in [1.165, 1.54) is 5.01 Å². The highest BCUT2D eigenvalue weighted by Crippen LogP contribution is 2.66. The summed E-state index contributed by atoms with van der Waals surface area (Å²) in [4.78, 5) is 40.0. The van der Waals surface area contributed by atoms with Crippen LogP contribution in [-0.4, -0.2) is 28.4 Å². The van der Waals surface area contributed by atoms with Crippen LogP contribution in [0.4, 0.5) is 0 Å². The molecule has 5 rings (SSSR count). The highest BCUT2D eigenvalue weighted by Gasteiger charge is 2.77. The minimum absolute atomic E-state index is 0.243. The maximum atomic E-state index is 14.1. The van der Waals surface area contributed by atoms with Crippen LogP contribution in [0.25, 0.3) is 0 Å². The van der Waals surface area contributed by atoms with E-state index in [9.17, 15) is 14.4 Å². The van der Waals surface area contributed by atoms with Gasteiger partial charge in [0.05, 0.1) is 17.4 Å². The van der Waals surface area contributed by atoms with Crippen molar-refractivity contribution in [2.24, 2.45) is 10.8 Å². The summed E-state index contributed by atoms with van der Waals surface area (Å²) in [5, 5.41) is 1.42. The number of esters is 1. The van der Waals surface area contributed by atoms with E-state index in [-0.39, 0.29) is 17.8 Å². The van der Waals surface area contributed by atoms with E-state index in [0.717, 1.165) is 11.1 Å². The van der Waals surface area contributed by atoms with Gasteiger partial charge in [-0.25, -0.2) is 5.01 Å². The van der Waals surface area contributed by atoms with E-state index < -0.39 is 28.4 Å². The van der Waals surface area contributed by atoms with Gasteiger partial charge in [0.25, 0.3) is 5.91 Å². The number of nitrogens with one attached hydrogen (secondary N) is 1. The molecule has 1 saturated carbocycles. The molecular weight excluding hydrogens is 392 g/mol. The van der Waals surface area contributed by atoms with Crippen LogP contribution in [0, 0.1) is 10.8 Å². The number of carbonyl (C=O) groups excluding carboxylic acids is 3. The van der Waals surface area contributed by atoms with Crippen LogP contribution < -0.4 is 5.43 Å². The summed E-state index contributed by atoms with van der Waals surface area (Å²) < 4.78 is 5.82. The largest absolute Gasteiger partial charge is 0.448 e. The van der Waals surface area contributed by atoms with E-state index in [4.69, 9.17) is 4.74 Å². The first-order valence-corrected chi connectivity index (χ1v) is 10.7. The molecule has 3 fully saturated rings. The summed E-state index contributed by atoms with van der Waals surface area (Å²) in [6.07, 6.45) is 1.04. The van der Waals surface area contributed by atoms with Gasteiger partial charge >= 0.3 is 5.97 Å². The Hall–Kier alpha value is -3.15. The normalized spacial score (nSPS) is 33.3. The first-order chi connectivity index (χ1) is 14.7. The Labute approximate surface area is 181 Å². The van der Waals surface area contributed by atoms with Gasteiger partial charge in [-0.1, -0.05) is 74.5 Å². The second-order valence-corrected chi connectivity index (χ2v) is 9.57. The summed E-state index contributed by atoms with van der Waals surface area (Å²) in [6, 6.07) is 18.5. The van der Waals surface area contributed by atoms with Crippen molar-refractivity contribution in [2.75, 3.05) is 0 Å². The summed E-state index contributed by atoms with van der Waals surface area (Å²) in [7, 11) is 0. The maximum absolute atomic E-state index is 14.1. The van der Waals surface area contributed by atoms with Crippen molar-refractivity contribution in [3.05, 3.63) is 71.8 Å². The monoisotopic (exact) mass is 418 g/mol. The third-order valence-electron chi connectivity index (χ3n) is 8.05. The number of hydrazine groups is 1. The van der Waals surface area contributed by atoms with Gasteiger partial charge < -0.3 is 4.74 Å². The van der Waals surface area contributed by atoms with Crippen molar-refractivity contribution in [2.45, 2.75) is 51.2 Å². The number of carbonyl (C=O) groups is 3. The topological polar surface area (TPSA) is 75.7 Å². The average molecular weight is 418 g/mol. The molecule has 2 heterocycles. The van der Waals surface area contributed by atoms with Gasteiger partial charge in [0.15, 0.2) is 5.60 Å². The zero-order valence-electron chi connectivity index (χ0n) is 17.9. The molecule has 2 saturated heterocycles. The number of nitrogens with zero attached hydrogens (tertiary/aromatic N) is 1. The van der Waals surface area contributed by atoms with Crippen LogP contribution in [0.1, 0.15) is 56.7 Å². The zero-order chi connectivity index (χ0) is 22.0. The Morgan fingerprint density at radius 1 is 0.935 bits per heavy atom. The molecule has 2 aromatic carbocycles. The molecule has 1 N–H and O–H groups in total. The van der Waals surface area contributed by atoms with Gasteiger partial charge in [-0.2, -0.15) is 0 Å². The van der Waals surface area contributed by atoms with Crippen molar-refractivity contribution >= 4 is 17.8 Å². The molecule has 3 aliphatic rings. The number of amides is 2. The SMILES string of the molecule is CC1(C)[C@@]2(C(=O)N3NC(=O)[C@@H](c4ccccc4)[C@@H]3c3ccccc3)CC[C@]1(C)C(=O)O2. The molecule has 31 heavy (non-hydrogen) atoms. The fraction of sp³-hybridized carbons (Fsp3) is 0.400. The number of benzene rings is 2. The van der Waals surface area contributed by atoms with Gasteiger partial charge in [0, 0.05) is 5.41 Å². The predicted molar refractivity (Wildman–Crippen MR) is 113 cm³/mol. The summed E-state index contributed by atoms with van der Waals surface area (Å²) in [5.41, 5.74) is 1.82. The number of rotatable bonds is 3. The van der Waals surface area contributed by atoms with Crippen LogP contribution in [0.15, 0.2) is 60.7 Å². The highest BCUT2D eigenvalue weighted by molar-refractivity contribution is 5.99. The highest BCUT2D eigenvalue weighted by atomic mass is 16.6. The lowest BCUT2D eigenvalue weighted by Gasteiger charge is -2.39. The Bertz CT molecular complexity index is 1070. The standard InChI is InChI=1S/C25H26N2O4/c1-23(2)24(3)14-15-25(23,31-22(24)30)21(29)27-19(17-12-8-5-9-13-17)18(20(28)26-27)16-10-6-4-7-11-16/h4-13,18-19H,14-15H2,1-3H3,(H,26,28)/t18-,19-,24+,25-/m0/s1. The van der Waals surface area contributed by atoms with Gasteiger partial charge in [0.1, 0.15) is 0 Å². The van der Waals surface area contributed by atoms with E-state index in [0.29, 0.717) is 12.8 Å². The quantitative estimate of drug-likeness (QED) is 0.774. The van der Waals surface area contributed by atoms with Crippen molar-refractivity contribution < 1.29 is 19.1 Å². The van der Waals surface area contributed by atoms with Crippen LogP contribution in [0.5, 0.6) is 0 Å². The van der Waals surface area contributed by atoms with Crippen LogP contribution in [-0.2, 0) is 19.1 Å². The number of fused-ring (bicyclic) bond motifs is 2. The number of hydrogen-bond acceptors (Lipinski definition) is 4. The molecule has 2 aromatic rings. The molecule has 4 atom stereocenters. The molecule has 6 heteroatoms. The zero-order valence-corrected chi connectivity index (χ0v) is 17.9. The molecule has 2 amide bonds. The fourth-order valence-electron chi connectivity index (χ4n) is 5.63. The molecule has 1 aliphatic carbocycles. The molecule has 0 aromatic heterocycles. The summed E-state index contributed by atoms with van der Waals surface area (Å²) >= 11 is 0. The maximum Gasteiger partial charge on any atom is 0.313 e. The first kappa shape index (κ1) is 19.8. The smallest absolute Gasteiger partial charge is 0.313 e. The van der Waals surface area contributed by atoms with Gasteiger partial charge in [0.2, 0.25) is 5.91 Å². The molecule has 0 radical (unpaired) electrons. The second kappa shape index (κ2) is 6.42. The molecule has 2 bridgehead atoms. The minimum Gasteiger partial charge on any atom is -0.448 e. The number of ether oxygens (including phenoxy) is 1. The predicted octanol–water partition coefficient (Wildman–Crippen LogP) is 3.51. The molecule has 0 spiro atoms. The first-order valence-electron chi connectivity index (χ1n) is 10.7. The molecule has 6 nitrogen and oxygen atoms in total. The van der Waals surface area contributed by atoms with Gasteiger partial charge in [-0.15, -0.1) is 0 Å². The fourth-order valence-corrected chi connectivity index (χ4v) is 5.63. The molecule has 0 unspecified atom stereocenters. The van der Waals surface area contributed by atoms with Crippen LogP contribution in [0.2, 0.25) is 0 Å². The lowest BCUT2D eigenvalue weighted by atomic mass is 9.66. The van der Waals surface area contributed by atoms with E-state index >= 15 is 0 Å². The molecule has 160 valence electrons. The Morgan fingerprint density at radius 2 is 1.52 bits per heavy atom. The van der Waals surface area contributed by atoms with E-state index in [2.05, 4.69) is 5.43 Å². The summed E-state index contributed by atoms with van der Waals surface area (Å²) in [6.45, 7) is 5.72. The molecular formula is C25H26N2O4. The Balaban J connectivity index is 1.61. The average Bonchev–Trinajstić information content (AvgIpc) is 3.27. The van der Waals surface area contributed by atoms with Crippen molar-refractivity contribution in [3.8, 4) is 0 Å². The lowest BCUT2D eigenvalue weighted by Crippen LogP contribution is -2.57. The van der Waals surface area contributed by atoms with E-state index in [1.54, 1.807) is 0 Å². The summed E-state index contributed by atoms with van der Waals surface area (Å²) in [5.74, 6) is -1.49. The third-order valence-corrected chi connectivity index (χ3v) is 8.05. The van der Waals surface area contributed by atoms with Crippen molar-refractivity contribution in [1.82, 2.24) is 10.4 Å². The lowest BCUT2D eigenvalue weighted by molar-refractivity contribution is -0.176. The Kier molecular flexibility index (Phi) is 4.10.